The van der Waals surface area contributed by atoms with Crippen molar-refractivity contribution in [3.05, 3.63) is 52.7 Å². The predicted octanol–water partition coefficient (Wildman–Crippen LogP) is 3.43. The number of hydrogen-bond acceptors (Lipinski definition) is 2. The summed E-state index contributed by atoms with van der Waals surface area (Å²) in [7, 11) is 0. The molecular weight excluding hydrogens is 210 g/mol. The van der Waals surface area contributed by atoms with Crippen molar-refractivity contribution in [3.63, 3.8) is 0 Å². The summed E-state index contributed by atoms with van der Waals surface area (Å²) in [5.74, 6) is 1.50. The van der Waals surface area contributed by atoms with E-state index in [4.69, 9.17) is 16.3 Å². The second kappa shape index (κ2) is 3.24. The Labute approximate surface area is 92.5 Å². The molecule has 1 aliphatic heterocycles. The molecule has 0 amide bonds. The van der Waals surface area contributed by atoms with E-state index in [-0.39, 0.29) is 0 Å². The summed E-state index contributed by atoms with van der Waals surface area (Å²) in [5.41, 5.74) is 2.27. The lowest BCUT2D eigenvalue weighted by atomic mass is 10.0. The minimum absolute atomic E-state index is 0.466. The molecule has 0 unspecified atom stereocenters. The molecule has 1 aromatic carbocycles. The Kier molecular flexibility index (Phi) is 1.89. The Morgan fingerprint density at radius 2 is 1.93 bits per heavy atom. The molecule has 0 radical (unpaired) electrons. The summed E-state index contributed by atoms with van der Waals surface area (Å²) in [4.78, 5) is 4.16. The maximum atomic E-state index is 5.81. The van der Waals surface area contributed by atoms with Gasteiger partial charge in [0, 0.05) is 12.0 Å². The first-order valence-electron chi connectivity index (χ1n) is 4.74. The molecule has 0 fully saturated rings. The summed E-state index contributed by atoms with van der Waals surface area (Å²) in [6, 6.07) is 11.7. The number of halogens is 1. The van der Waals surface area contributed by atoms with Crippen molar-refractivity contribution in [1.82, 2.24) is 4.98 Å². The highest BCUT2D eigenvalue weighted by molar-refractivity contribution is 6.29. The molecule has 15 heavy (non-hydrogen) atoms. The highest BCUT2D eigenvalue weighted by Gasteiger charge is 2.17. The molecular formula is C12H8ClNO. The summed E-state index contributed by atoms with van der Waals surface area (Å²) >= 11 is 5.81. The predicted molar refractivity (Wildman–Crippen MR) is 58.6 cm³/mol. The lowest BCUT2D eigenvalue weighted by Crippen LogP contribution is -2.04. The third kappa shape index (κ3) is 1.47. The molecule has 2 heterocycles. The first-order chi connectivity index (χ1) is 7.33. The second-order valence-corrected chi connectivity index (χ2v) is 3.87. The van der Waals surface area contributed by atoms with Gasteiger partial charge in [-0.3, -0.25) is 0 Å². The SMILES string of the molecule is Clc1ccc2c(n1)Oc1ccccc1C2. The molecule has 74 valence electrons. The first-order valence-corrected chi connectivity index (χ1v) is 5.12. The molecule has 1 aromatic heterocycles. The average Bonchev–Trinajstić information content (AvgIpc) is 2.26. The number of ether oxygens (including phenoxy) is 1. The molecule has 0 N–H and O–H groups in total. The molecule has 0 atom stereocenters. The van der Waals surface area contributed by atoms with Crippen LogP contribution in [-0.4, -0.2) is 4.98 Å². The highest BCUT2D eigenvalue weighted by atomic mass is 35.5. The Morgan fingerprint density at radius 1 is 1.07 bits per heavy atom. The van der Waals surface area contributed by atoms with Gasteiger partial charge in [-0.15, -0.1) is 0 Å². The van der Waals surface area contributed by atoms with Gasteiger partial charge in [-0.1, -0.05) is 35.9 Å². The number of hydrogen-bond donors (Lipinski definition) is 0. The average molecular weight is 218 g/mol. The van der Waals surface area contributed by atoms with Gasteiger partial charge in [0.05, 0.1) is 0 Å². The number of fused-ring (bicyclic) bond motifs is 2. The van der Waals surface area contributed by atoms with Crippen molar-refractivity contribution in [2.75, 3.05) is 0 Å². The van der Waals surface area contributed by atoms with Gasteiger partial charge >= 0.3 is 0 Å². The molecule has 3 heteroatoms. The monoisotopic (exact) mass is 217 g/mol. The molecule has 0 bridgehead atoms. The van der Waals surface area contributed by atoms with Gasteiger partial charge in [0.2, 0.25) is 5.88 Å². The van der Waals surface area contributed by atoms with Gasteiger partial charge in [0.1, 0.15) is 10.9 Å². The van der Waals surface area contributed by atoms with Crippen molar-refractivity contribution in [2.24, 2.45) is 0 Å². The third-order valence-electron chi connectivity index (χ3n) is 2.47. The van der Waals surface area contributed by atoms with E-state index >= 15 is 0 Å². The van der Waals surface area contributed by atoms with Crippen molar-refractivity contribution in [3.8, 4) is 11.6 Å². The zero-order valence-electron chi connectivity index (χ0n) is 7.90. The Bertz CT molecular complexity index is 525. The summed E-state index contributed by atoms with van der Waals surface area (Å²) in [6.45, 7) is 0. The lowest BCUT2D eigenvalue weighted by molar-refractivity contribution is 0.441. The minimum Gasteiger partial charge on any atom is -0.438 e. The lowest BCUT2D eigenvalue weighted by Gasteiger charge is -2.18. The van der Waals surface area contributed by atoms with Crippen molar-refractivity contribution in [2.45, 2.75) is 6.42 Å². The van der Waals surface area contributed by atoms with Gasteiger partial charge in [0.25, 0.3) is 0 Å². The number of nitrogens with zero attached hydrogens (tertiary/aromatic N) is 1. The van der Waals surface area contributed by atoms with E-state index < -0.39 is 0 Å². The fourth-order valence-corrected chi connectivity index (χ4v) is 1.87. The van der Waals surface area contributed by atoms with Crippen LogP contribution in [0.5, 0.6) is 11.6 Å². The second-order valence-electron chi connectivity index (χ2n) is 3.48. The normalized spacial score (nSPS) is 12.6. The van der Waals surface area contributed by atoms with E-state index in [0.29, 0.717) is 11.0 Å². The van der Waals surface area contributed by atoms with E-state index in [1.807, 2.05) is 24.3 Å². The summed E-state index contributed by atoms with van der Waals surface area (Å²) in [5, 5.41) is 0.466. The largest absolute Gasteiger partial charge is 0.438 e. The first kappa shape index (κ1) is 8.74. The molecule has 0 saturated heterocycles. The number of benzene rings is 1. The fourth-order valence-electron chi connectivity index (χ4n) is 1.73. The number of rotatable bonds is 0. The minimum atomic E-state index is 0.466. The van der Waals surface area contributed by atoms with Crippen molar-refractivity contribution < 1.29 is 4.74 Å². The summed E-state index contributed by atoms with van der Waals surface area (Å²) in [6.07, 6.45) is 0.857. The van der Waals surface area contributed by atoms with E-state index in [1.54, 1.807) is 6.07 Å². The number of pyridine rings is 1. The maximum Gasteiger partial charge on any atom is 0.224 e. The fraction of sp³-hybridized carbons (Fsp3) is 0.0833. The van der Waals surface area contributed by atoms with Crippen LogP contribution in [-0.2, 0) is 6.42 Å². The Balaban J connectivity index is 2.11. The molecule has 0 spiro atoms. The molecule has 2 nitrogen and oxygen atoms in total. The van der Waals surface area contributed by atoms with Crippen LogP contribution in [0.15, 0.2) is 36.4 Å². The smallest absolute Gasteiger partial charge is 0.224 e. The molecule has 2 aromatic rings. The van der Waals surface area contributed by atoms with E-state index in [9.17, 15) is 0 Å². The highest BCUT2D eigenvalue weighted by Crippen LogP contribution is 2.35. The Hall–Kier alpha value is -1.54. The number of aromatic nitrogens is 1. The maximum absolute atomic E-state index is 5.81. The van der Waals surface area contributed by atoms with Crippen LogP contribution >= 0.6 is 11.6 Å². The molecule has 0 aliphatic carbocycles. The van der Waals surface area contributed by atoms with Gasteiger partial charge in [-0.2, -0.15) is 0 Å². The standard InChI is InChI=1S/C12H8ClNO/c13-11-6-5-9-7-8-3-1-2-4-10(8)15-12(9)14-11/h1-6H,7H2. The van der Waals surface area contributed by atoms with Crippen LogP contribution in [0.1, 0.15) is 11.1 Å². The van der Waals surface area contributed by atoms with Crippen LogP contribution < -0.4 is 4.74 Å². The van der Waals surface area contributed by atoms with Crippen LogP contribution in [0.2, 0.25) is 5.15 Å². The molecule has 3 rings (SSSR count). The van der Waals surface area contributed by atoms with Crippen LogP contribution in [0.3, 0.4) is 0 Å². The van der Waals surface area contributed by atoms with Crippen molar-refractivity contribution in [1.29, 1.82) is 0 Å². The zero-order chi connectivity index (χ0) is 10.3. The van der Waals surface area contributed by atoms with Crippen LogP contribution in [0, 0.1) is 0 Å². The van der Waals surface area contributed by atoms with Gasteiger partial charge in [-0.05, 0) is 17.7 Å². The van der Waals surface area contributed by atoms with Crippen molar-refractivity contribution >= 4 is 11.6 Å². The van der Waals surface area contributed by atoms with Gasteiger partial charge < -0.3 is 4.74 Å². The van der Waals surface area contributed by atoms with E-state index in [2.05, 4.69) is 11.1 Å². The molecule has 0 saturated carbocycles. The quantitative estimate of drug-likeness (QED) is 0.539. The Morgan fingerprint density at radius 3 is 2.87 bits per heavy atom. The third-order valence-corrected chi connectivity index (χ3v) is 2.68. The topological polar surface area (TPSA) is 22.1 Å². The van der Waals surface area contributed by atoms with E-state index in [1.165, 1.54) is 5.56 Å². The van der Waals surface area contributed by atoms with Gasteiger partial charge in [0.15, 0.2) is 0 Å². The number of para-hydroxylation sites is 1. The molecule has 1 aliphatic rings. The summed E-state index contributed by atoms with van der Waals surface area (Å²) < 4.78 is 5.66. The zero-order valence-corrected chi connectivity index (χ0v) is 8.66. The van der Waals surface area contributed by atoms with Crippen LogP contribution in [0.25, 0.3) is 0 Å². The van der Waals surface area contributed by atoms with Gasteiger partial charge in [-0.25, -0.2) is 4.98 Å². The van der Waals surface area contributed by atoms with E-state index in [0.717, 1.165) is 17.7 Å². The van der Waals surface area contributed by atoms with Crippen LogP contribution in [0.4, 0.5) is 0 Å².